The quantitative estimate of drug-likeness (QED) is 0.658. The first-order valence-corrected chi connectivity index (χ1v) is 6.06. The van der Waals surface area contributed by atoms with Gasteiger partial charge in [-0.2, -0.15) is 0 Å². The van der Waals surface area contributed by atoms with Crippen LogP contribution in [0.2, 0.25) is 0 Å². The van der Waals surface area contributed by atoms with Gasteiger partial charge in [-0.3, -0.25) is 0 Å². The van der Waals surface area contributed by atoms with E-state index in [2.05, 4.69) is 47.3 Å². The van der Waals surface area contributed by atoms with Crippen LogP contribution in [0.3, 0.4) is 0 Å². The van der Waals surface area contributed by atoms with Gasteiger partial charge in [-0.05, 0) is 30.9 Å². The highest BCUT2D eigenvalue weighted by atomic mass is 79.9. The summed E-state index contributed by atoms with van der Waals surface area (Å²) in [5.74, 6) is 0. The highest BCUT2D eigenvalue weighted by Gasteiger charge is 1.95. The van der Waals surface area contributed by atoms with Crippen LogP contribution in [-0.2, 0) is 0 Å². The third-order valence-electron chi connectivity index (χ3n) is 1.37. The third kappa shape index (κ3) is 3.63. The van der Waals surface area contributed by atoms with Gasteiger partial charge in [0, 0.05) is 9.37 Å². The van der Waals surface area contributed by atoms with Crippen molar-refractivity contribution < 1.29 is 0 Å². The van der Waals surface area contributed by atoms with Gasteiger partial charge in [0.2, 0.25) is 0 Å². The molecule has 12 heavy (non-hydrogen) atoms. The highest BCUT2D eigenvalue weighted by molar-refractivity contribution is 9.10. The Bertz CT molecular complexity index is 233. The molecule has 0 unspecified atom stereocenters. The van der Waals surface area contributed by atoms with E-state index in [1.54, 1.807) is 11.8 Å². The summed E-state index contributed by atoms with van der Waals surface area (Å²) in [5, 5.41) is 0. The molecule has 1 rings (SSSR count). The number of rotatable bonds is 1. The van der Waals surface area contributed by atoms with Gasteiger partial charge in [0.1, 0.15) is 0 Å². The lowest BCUT2D eigenvalue weighted by Gasteiger charge is -2.00. The molecule has 0 saturated heterocycles. The first-order chi connectivity index (χ1) is 5.74. The maximum absolute atomic E-state index is 3.42. The summed E-state index contributed by atoms with van der Waals surface area (Å²) >= 11 is 5.20. The lowest BCUT2D eigenvalue weighted by Crippen LogP contribution is -1.76. The number of hydrogen-bond donors (Lipinski definition) is 0. The smallest absolute Gasteiger partial charge is 0.0186 e. The van der Waals surface area contributed by atoms with Crippen LogP contribution >= 0.6 is 27.7 Å². The van der Waals surface area contributed by atoms with E-state index in [4.69, 9.17) is 0 Å². The molecular weight excluding hydrogens is 232 g/mol. The van der Waals surface area contributed by atoms with E-state index in [1.165, 1.54) is 10.5 Å². The molecule has 0 aromatic heterocycles. The zero-order valence-corrected chi connectivity index (χ0v) is 10.4. The van der Waals surface area contributed by atoms with Gasteiger partial charge in [-0.15, -0.1) is 11.8 Å². The Morgan fingerprint density at radius 1 is 1.25 bits per heavy atom. The Labute approximate surface area is 87.9 Å². The topological polar surface area (TPSA) is 0 Å². The maximum atomic E-state index is 3.42. The maximum Gasteiger partial charge on any atom is 0.0186 e. The van der Waals surface area contributed by atoms with Gasteiger partial charge >= 0.3 is 0 Å². The average molecular weight is 247 g/mol. The molecule has 0 bridgehead atoms. The Morgan fingerprint density at radius 3 is 2.25 bits per heavy atom. The Morgan fingerprint density at radius 2 is 1.83 bits per heavy atom. The minimum absolute atomic E-state index is 1.16. The minimum Gasteiger partial charge on any atom is -0.129 e. The fraction of sp³-hybridized carbons (Fsp3) is 0.400. The van der Waals surface area contributed by atoms with Crippen LogP contribution in [-0.4, -0.2) is 6.26 Å². The molecule has 0 heterocycles. The summed E-state index contributed by atoms with van der Waals surface area (Å²) in [5.41, 5.74) is 1.34. The van der Waals surface area contributed by atoms with Crippen molar-refractivity contribution in [3.8, 4) is 0 Å². The van der Waals surface area contributed by atoms with E-state index >= 15 is 0 Å². The molecule has 0 spiro atoms. The molecule has 0 nitrogen and oxygen atoms in total. The van der Waals surface area contributed by atoms with Crippen LogP contribution in [0, 0.1) is 6.92 Å². The normalized spacial score (nSPS) is 8.75. The monoisotopic (exact) mass is 246 g/mol. The van der Waals surface area contributed by atoms with Crippen molar-refractivity contribution >= 4 is 27.7 Å². The SMILES string of the molecule is CC.CSc1cc(Br)ccc1C. The Kier molecular flexibility index (Phi) is 6.58. The standard InChI is InChI=1S/C8H9BrS.C2H6/c1-6-3-4-7(9)5-8(6)10-2;1-2/h3-5H,1-2H3;1-2H3. The predicted molar refractivity (Wildman–Crippen MR) is 62.0 cm³/mol. The minimum atomic E-state index is 1.16. The van der Waals surface area contributed by atoms with Gasteiger partial charge < -0.3 is 0 Å². The molecule has 0 N–H and O–H groups in total. The number of thioether (sulfide) groups is 1. The van der Waals surface area contributed by atoms with Gasteiger partial charge in [-0.25, -0.2) is 0 Å². The van der Waals surface area contributed by atoms with Crippen molar-refractivity contribution in [3.05, 3.63) is 28.2 Å². The molecule has 68 valence electrons. The van der Waals surface area contributed by atoms with Crippen molar-refractivity contribution in [2.45, 2.75) is 25.7 Å². The van der Waals surface area contributed by atoms with Crippen molar-refractivity contribution in [2.24, 2.45) is 0 Å². The van der Waals surface area contributed by atoms with Crippen LogP contribution in [0.25, 0.3) is 0 Å². The van der Waals surface area contributed by atoms with Crippen molar-refractivity contribution in [1.29, 1.82) is 0 Å². The second-order valence-electron chi connectivity index (χ2n) is 2.11. The number of halogens is 1. The Balaban J connectivity index is 0.000000561. The van der Waals surface area contributed by atoms with Crippen molar-refractivity contribution in [1.82, 2.24) is 0 Å². The molecule has 0 aliphatic heterocycles. The van der Waals surface area contributed by atoms with Gasteiger partial charge in [0.25, 0.3) is 0 Å². The molecule has 0 fully saturated rings. The number of hydrogen-bond acceptors (Lipinski definition) is 1. The number of aryl methyl sites for hydroxylation is 1. The van der Waals surface area contributed by atoms with Crippen molar-refractivity contribution in [2.75, 3.05) is 6.26 Å². The van der Waals surface area contributed by atoms with Crippen LogP contribution < -0.4 is 0 Å². The first-order valence-electron chi connectivity index (χ1n) is 4.04. The third-order valence-corrected chi connectivity index (χ3v) is 2.74. The average Bonchev–Trinajstić information content (AvgIpc) is 2.13. The van der Waals surface area contributed by atoms with Gasteiger partial charge in [0.05, 0.1) is 0 Å². The summed E-state index contributed by atoms with van der Waals surface area (Å²) in [6.07, 6.45) is 2.09. The molecule has 2 heteroatoms. The molecule has 1 aromatic rings. The molecule has 0 aliphatic carbocycles. The zero-order chi connectivity index (χ0) is 9.56. The predicted octanol–water partition coefficient (Wildman–Crippen LogP) is 4.51. The summed E-state index contributed by atoms with van der Waals surface area (Å²) < 4.78 is 1.16. The lowest BCUT2D eigenvalue weighted by atomic mass is 10.2. The largest absolute Gasteiger partial charge is 0.129 e. The van der Waals surface area contributed by atoms with E-state index in [0.29, 0.717) is 0 Å². The van der Waals surface area contributed by atoms with Crippen LogP contribution in [0.5, 0.6) is 0 Å². The number of benzene rings is 1. The molecule has 1 aromatic carbocycles. The fourth-order valence-corrected chi connectivity index (χ4v) is 1.94. The zero-order valence-electron chi connectivity index (χ0n) is 8.02. The highest BCUT2D eigenvalue weighted by Crippen LogP contribution is 2.23. The summed E-state index contributed by atoms with van der Waals surface area (Å²) in [6, 6.07) is 6.32. The summed E-state index contributed by atoms with van der Waals surface area (Å²) in [4.78, 5) is 1.34. The van der Waals surface area contributed by atoms with Crippen LogP contribution in [0.4, 0.5) is 0 Å². The van der Waals surface area contributed by atoms with Crippen LogP contribution in [0.15, 0.2) is 27.6 Å². The molecule has 0 radical (unpaired) electrons. The summed E-state index contributed by atoms with van der Waals surface area (Å²) in [7, 11) is 0. The molecule has 0 atom stereocenters. The molecule has 0 aliphatic rings. The van der Waals surface area contributed by atoms with E-state index in [0.717, 1.165) is 4.47 Å². The second kappa shape index (κ2) is 6.55. The molecule has 0 amide bonds. The van der Waals surface area contributed by atoms with Gasteiger partial charge in [-0.1, -0.05) is 35.8 Å². The molecular formula is C10H15BrS. The lowest BCUT2D eigenvalue weighted by molar-refractivity contribution is 1.29. The second-order valence-corrected chi connectivity index (χ2v) is 3.88. The van der Waals surface area contributed by atoms with Crippen molar-refractivity contribution in [3.63, 3.8) is 0 Å². The fourth-order valence-electron chi connectivity index (χ4n) is 0.794. The van der Waals surface area contributed by atoms with Crippen LogP contribution in [0.1, 0.15) is 19.4 Å². The first kappa shape index (κ1) is 12.0. The van der Waals surface area contributed by atoms with E-state index in [1.807, 2.05) is 13.8 Å². The van der Waals surface area contributed by atoms with E-state index in [9.17, 15) is 0 Å². The van der Waals surface area contributed by atoms with E-state index in [-0.39, 0.29) is 0 Å². The molecule has 0 saturated carbocycles. The van der Waals surface area contributed by atoms with E-state index < -0.39 is 0 Å². The van der Waals surface area contributed by atoms with Gasteiger partial charge in [0.15, 0.2) is 0 Å². The Hall–Kier alpha value is 0.0500. The summed E-state index contributed by atoms with van der Waals surface area (Å²) in [6.45, 7) is 6.12.